The van der Waals surface area contributed by atoms with Gasteiger partial charge in [-0.2, -0.15) is 17.2 Å². The van der Waals surface area contributed by atoms with Crippen LogP contribution in [-0.4, -0.2) is 8.42 Å². The fourth-order valence-corrected chi connectivity index (χ4v) is 3.40. The van der Waals surface area contributed by atoms with Gasteiger partial charge in [0.25, 0.3) is 0 Å². The Hall–Kier alpha value is -3.13. The Labute approximate surface area is 158 Å². The van der Waals surface area contributed by atoms with Crippen LogP contribution in [0.3, 0.4) is 0 Å². The highest BCUT2D eigenvalue weighted by atomic mass is 32.2. The van der Waals surface area contributed by atoms with E-state index in [0.717, 1.165) is 12.1 Å². The first-order chi connectivity index (χ1) is 13.3. The molecule has 0 aliphatic heterocycles. The van der Waals surface area contributed by atoms with Gasteiger partial charge in [-0.1, -0.05) is 55.1 Å². The van der Waals surface area contributed by atoms with Crippen LogP contribution in [-0.2, 0) is 10.1 Å². The Balaban J connectivity index is 2.09. The molecular formula is C20H12F4O3S. The molecule has 0 aliphatic carbocycles. The van der Waals surface area contributed by atoms with Crippen LogP contribution in [0.15, 0.2) is 66.1 Å². The molecule has 3 aromatic rings. The van der Waals surface area contributed by atoms with E-state index in [-0.39, 0.29) is 5.56 Å². The van der Waals surface area contributed by atoms with E-state index in [0.29, 0.717) is 5.56 Å². The first-order valence-corrected chi connectivity index (χ1v) is 9.25. The average molecular weight is 408 g/mol. The quantitative estimate of drug-likeness (QED) is 0.326. The third-order valence-corrected chi connectivity index (χ3v) is 5.12. The zero-order chi connectivity index (χ0) is 20.5. The zero-order valence-corrected chi connectivity index (χ0v) is 14.9. The van der Waals surface area contributed by atoms with Gasteiger partial charge in [0.05, 0.1) is 5.56 Å². The van der Waals surface area contributed by atoms with Gasteiger partial charge in [0, 0.05) is 0 Å². The molecule has 0 aliphatic rings. The Bertz CT molecular complexity index is 1110. The maximum Gasteiger partial charge on any atom is 0.339 e. The van der Waals surface area contributed by atoms with Crippen LogP contribution in [0.5, 0.6) is 5.75 Å². The summed E-state index contributed by atoms with van der Waals surface area (Å²) < 4.78 is 86.4. The minimum atomic E-state index is -4.74. The van der Waals surface area contributed by atoms with Crippen molar-refractivity contribution in [3.05, 3.63) is 90.0 Å². The van der Waals surface area contributed by atoms with Crippen LogP contribution in [0.4, 0.5) is 17.6 Å². The van der Waals surface area contributed by atoms with Gasteiger partial charge < -0.3 is 4.18 Å². The molecule has 144 valence electrons. The molecule has 0 N–H and O–H groups in total. The van der Waals surface area contributed by atoms with Crippen molar-refractivity contribution in [2.45, 2.75) is 4.90 Å². The summed E-state index contributed by atoms with van der Waals surface area (Å²) in [6, 6.07) is 11.8. The molecule has 0 heterocycles. The first kappa shape index (κ1) is 19.6. The smallest absolute Gasteiger partial charge is 0.339 e. The minimum absolute atomic E-state index is 0.121. The summed E-state index contributed by atoms with van der Waals surface area (Å²) in [5, 5.41) is 0. The normalized spacial score (nSPS) is 11.3. The van der Waals surface area contributed by atoms with E-state index in [4.69, 9.17) is 0 Å². The topological polar surface area (TPSA) is 43.4 Å². The van der Waals surface area contributed by atoms with Gasteiger partial charge in [0.1, 0.15) is 4.90 Å². The highest BCUT2D eigenvalue weighted by molar-refractivity contribution is 7.87. The molecule has 0 aromatic heterocycles. The summed E-state index contributed by atoms with van der Waals surface area (Å²) in [4.78, 5) is -0.454. The molecule has 0 bridgehead atoms. The summed E-state index contributed by atoms with van der Waals surface area (Å²) in [5.41, 5.74) is -0.499. The van der Waals surface area contributed by atoms with Gasteiger partial charge in [-0.15, -0.1) is 0 Å². The van der Waals surface area contributed by atoms with Gasteiger partial charge in [-0.25, -0.2) is 8.78 Å². The molecule has 3 rings (SSSR count). The van der Waals surface area contributed by atoms with Crippen molar-refractivity contribution < 1.29 is 30.2 Å². The minimum Gasteiger partial charge on any atom is -0.372 e. The number of halogens is 4. The number of hydrogen-bond donors (Lipinski definition) is 0. The zero-order valence-electron chi connectivity index (χ0n) is 14.1. The van der Waals surface area contributed by atoms with Crippen molar-refractivity contribution in [3.8, 4) is 16.9 Å². The Morgan fingerprint density at radius 2 is 1.32 bits per heavy atom. The van der Waals surface area contributed by atoms with Crippen LogP contribution < -0.4 is 4.18 Å². The maximum atomic E-state index is 14.4. The van der Waals surface area contributed by atoms with Crippen LogP contribution in [0.1, 0.15) is 5.56 Å². The molecule has 0 saturated carbocycles. The molecule has 0 spiro atoms. The van der Waals surface area contributed by atoms with Crippen molar-refractivity contribution in [2.75, 3.05) is 0 Å². The van der Waals surface area contributed by atoms with Crippen molar-refractivity contribution in [3.63, 3.8) is 0 Å². The predicted molar refractivity (Wildman–Crippen MR) is 96.1 cm³/mol. The Kier molecular flexibility index (Phi) is 5.24. The summed E-state index contributed by atoms with van der Waals surface area (Å²) in [6.07, 6.45) is 1.45. The van der Waals surface area contributed by atoms with Crippen LogP contribution in [0.2, 0.25) is 0 Å². The van der Waals surface area contributed by atoms with Gasteiger partial charge in [0.2, 0.25) is 17.4 Å². The Morgan fingerprint density at radius 1 is 0.786 bits per heavy atom. The second kappa shape index (κ2) is 7.47. The fraction of sp³-hybridized carbons (Fsp3) is 0. The Morgan fingerprint density at radius 3 is 1.82 bits per heavy atom. The number of hydrogen-bond acceptors (Lipinski definition) is 3. The second-order valence-electron chi connectivity index (χ2n) is 5.64. The maximum absolute atomic E-state index is 14.4. The van der Waals surface area contributed by atoms with Crippen molar-refractivity contribution in [1.29, 1.82) is 0 Å². The number of rotatable bonds is 5. The molecule has 0 atom stereocenters. The van der Waals surface area contributed by atoms with Crippen LogP contribution >= 0.6 is 0 Å². The highest BCUT2D eigenvalue weighted by Crippen LogP contribution is 2.36. The molecule has 0 unspecified atom stereocenters. The standard InChI is InChI=1S/C20H12F4O3S/c1-2-12-8-10-14(11-9-12)28(25,26)27-20-18(23)16(21)15(17(22)19(20)24)13-6-4-3-5-7-13/h2-11H,1H2. The molecular weight excluding hydrogens is 396 g/mol. The van der Waals surface area contributed by atoms with Crippen molar-refractivity contribution >= 4 is 16.2 Å². The van der Waals surface area contributed by atoms with E-state index in [1.54, 1.807) is 6.07 Å². The van der Waals surface area contributed by atoms with Crippen LogP contribution in [0, 0.1) is 23.3 Å². The molecule has 0 saturated heterocycles. The summed E-state index contributed by atoms with van der Waals surface area (Å²) in [5.74, 6) is -9.12. The lowest BCUT2D eigenvalue weighted by Gasteiger charge is -2.13. The van der Waals surface area contributed by atoms with Crippen LogP contribution in [0.25, 0.3) is 17.2 Å². The predicted octanol–water partition coefficient (Wildman–Crippen LogP) is 5.32. The molecule has 28 heavy (non-hydrogen) atoms. The van der Waals surface area contributed by atoms with E-state index in [1.807, 2.05) is 0 Å². The van der Waals surface area contributed by atoms with Gasteiger partial charge in [-0.05, 0) is 23.3 Å². The third-order valence-electron chi connectivity index (χ3n) is 3.88. The van der Waals surface area contributed by atoms with Crippen molar-refractivity contribution in [1.82, 2.24) is 0 Å². The van der Waals surface area contributed by atoms with E-state index in [9.17, 15) is 26.0 Å². The molecule has 8 heteroatoms. The molecule has 0 fully saturated rings. The van der Waals surface area contributed by atoms with E-state index in [1.165, 1.54) is 42.5 Å². The van der Waals surface area contributed by atoms with E-state index >= 15 is 0 Å². The van der Waals surface area contributed by atoms with Gasteiger partial charge in [0.15, 0.2) is 11.6 Å². The SMILES string of the molecule is C=Cc1ccc(S(=O)(=O)Oc2c(F)c(F)c(-c3ccccc3)c(F)c2F)cc1. The van der Waals surface area contributed by atoms with E-state index in [2.05, 4.69) is 10.8 Å². The van der Waals surface area contributed by atoms with E-state index < -0.39 is 49.6 Å². The highest BCUT2D eigenvalue weighted by Gasteiger charge is 2.31. The molecule has 3 nitrogen and oxygen atoms in total. The lowest BCUT2D eigenvalue weighted by atomic mass is 10.0. The average Bonchev–Trinajstić information content (AvgIpc) is 2.71. The van der Waals surface area contributed by atoms with Gasteiger partial charge in [-0.3, -0.25) is 0 Å². The van der Waals surface area contributed by atoms with Crippen molar-refractivity contribution in [2.24, 2.45) is 0 Å². The summed E-state index contributed by atoms with van der Waals surface area (Å²) >= 11 is 0. The first-order valence-electron chi connectivity index (χ1n) is 7.84. The lowest BCUT2D eigenvalue weighted by molar-refractivity contribution is 0.391. The number of benzene rings is 3. The molecule has 3 aromatic carbocycles. The monoisotopic (exact) mass is 408 g/mol. The second-order valence-corrected chi connectivity index (χ2v) is 7.18. The summed E-state index contributed by atoms with van der Waals surface area (Å²) in [7, 11) is -4.74. The third kappa shape index (κ3) is 3.50. The summed E-state index contributed by atoms with van der Waals surface area (Å²) in [6.45, 7) is 3.50. The molecule has 0 radical (unpaired) electrons. The fourth-order valence-electron chi connectivity index (χ4n) is 2.47. The lowest BCUT2D eigenvalue weighted by Crippen LogP contribution is -2.14. The largest absolute Gasteiger partial charge is 0.372 e. The van der Waals surface area contributed by atoms with Gasteiger partial charge >= 0.3 is 10.1 Å². The molecule has 0 amide bonds.